The van der Waals surface area contributed by atoms with Crippen molar-refractivity contribution in [2.45, 2.75) is 19.8 Å². The third kappa shape index (κ3) is 2.55. The van der Waals surface area contributed by atoms with E-state index in [1.54, 1.807) is 4.57 Å². The maximum atomic E-state index is 11.5. The molecule has 0 aliphatic rings. The molecule has 1 aromatic heterocycles. The quantitative estimate of drug-likeness (QED) is 0.679. The van der Waals surface area contributed by atoms with E-state index < -0.39 is 0 Å². The summed E-state index contributed by atoms with van der Waals surface area (Å²) in [4.78, 5) is 13.5. The monoisotopic (exact) mass is 193 g/mol. The van der Waals surface area contributed by atoms with Crippen LogP contribution < -0.4 is 9.47 Å². The molecule has 0 unspecified atom stereocenters. The first-order valence-electron chi connectivity index (χ1n) is 4.87. The third-order valence-corrected chi connectivity index (χ3v) is 2.08. The van der Waals surface area contributed by atoms with E-state index in [0.717, 1.165) is 12.1 Å². The third-order valence-electron chi connectivity index (χ3n) is 2.08. The van der Waals surface area contributed by atoms with E-state index >= 15 is 0 Å². The molecule has 0 bridgehead atoms. The number of carbonyl (C=O) groups excluding carboxylic acids is 1. The molecule has 0 saturated carbocycles. The summed E-state index contributed by atoms with van der Waals surface area (Å²) in [6.45, 7) is 2.01. The second-order valence-corrected chi connectivity index (χ2v) is 3.50. The van der Waals surface area contributed by atoms with Crippen LogP contribution in [-0.2, 0) is 0 Å². The fraction of sp³-hybridized carbons (Fsp3) is 0.455. The normalized spacial score (nSPS) is 9.93. The van der Waals surface area contributed by atoms with Crippen LogP contribution in [0.3, 0.4) is 0 Å². The molecule has 0 radical (unpaired) electrons. The molecule has 0 fully saturated rings. The van der Waals surface area contributed by atoms with Gasteiger partial charge in [0.15, 0.2) is 12.4 Å². The van der Waals surface area contributed by atoms with Crippen LogP contribution in [0.15, 0.2) is 24.5 Å². The molecule has 14 heavy (non-hydrogen) atoms. The van der Waals surface area contributed by atoms with Gasteiger partial charge in [0.1, 0.15) is 0 Å². The maximum Gasteiger partial charge on any atom is 0.392 e. The Morgan fingerprint density at radius 1 is 1.36 bits per heavy atom. The zero-order valence-corrected chi connectivity index (χ0v) is 9.03. The minimum absolute atomic E-state index is 0.151. The van der Waals surface area contributed by atoms with Crippen molar-refractivity contribution in [1.82, 2.24) is 0 Å². The fourth-order valence-electron chi connectivity index (χ4n) is 1.23. The topological polar surface area (TPSA) is 24.2 Å². The van der Waals surface area contributed by atoms with Crippen LogP contribution in [0.2, 0.25) is 0 Å². The first-order chi connectivity index (χ1) is 6.65. The highest BCUT2D eigenvalue weighted by atomic mass is 16.1. The molecule has 0 saturated heterocycles. The molecule has 1 heterocycles. The number of anilines is 1. The molecular formula is C11H17N2O+. The van der Waals surface area contributed by atoms with Gasteiger partial charge in [0.2, 0.25) is 0 Å². The summed E-state index contributed by atoms with van der Waals surface area (Å²) < 4.78 is 1.64. The average Bonchev–Trinajstić information content (AvgIpc) is 2.18. The Balaban J connectivity index is 2.78. The van der Waals surface area contributed by atoms with E-state index in [1.807, 2.05) is 50.4 Å². The Labute approximate surface area is 85.0 Å². The van der Waals surface area contributed by atoms with Crippen molar-refractivity contribution in [2.75, 3.05) is 19.0 Å². The number of pyridine rings is 1. The Morgan fingerprint density at radius 3 is 2.36 bits per heavy atom. The van der Waals surface area contributed by atoms with Crippen LogP contribution in [0.1, 0.15) is 24.6 Å². The smallest absolute Gasteiger partial charge is 0.377 e. The summed E-state index contributed by atoms with van der Waals surface area (Å²) in [6.07, 6.45) is 5.12. The van der Waals surface area contributed by atoms with Crippen LogP contribution in [0.25, 0.3) is 0 Å². The highest BCUT2D eigenvalue weighted by Gasteiger charge is 2.11. The Morgan fingerprint density at radius 2 is 1.93 bits per heavy atom. The molecule has 0 aliphatic carbocycles. The lowest BCUT2D eigenvalue weighted by atomic mass is 10.3. The van der Waals surface area contributed by atoms with E-state index in [0.29, 0.717) is 6.42 Å². The van der Waals surface area contributed by atoms with E-state index in [1.165, 1.54) is 0 Å². The van der Waals surface area contributed by atoms with Gasteiger partial charge in [0.25, 0.3) is 0 Å². The average molecular weight is 193 g/mol. The zero-order chi connectivity index (χ0) is 10.6. The molecular weight excluding hydrogens is 176 g/mol. The van der Waals surface area contributed by atoms with Gasteiger partial charge in [-0.25, -0.2) is 4.79 Å². The first-order valence-corrected chi connectivity index (χ1v) is 4.87. The van der Waals surface area contributed by atoms with E-state index in [-0.39, 0.29) is 5.91 Å². The fourth-order valence-corrected chi connectivity index (χ4v) is 1.23. The molecule has 1 rings (SSSR count). The van der Waals surface area contributed by atoms with Crippen molar-refractivity contribution in [3.63, 3.8) is 0 Å². The number of rotatable bonds is 3. The van der Waals surface area contributed by atoms with Crippen molar-refractivity contribution in [2.24, 2.45) is 0 Å². The zero-order valence-electron chi connectivity index (χ0n) is 9.03. The SMILES string of the molecule is CCCC(=O)[n+]1ccc(N(C)C)cc1. The summed E-state index contributed by atoms with van der Waals surface area (Å²) >= 11 is 0. The Bertz CT molecular complexity index is 304. The molecule has 3 nitrogen and oxygen atoms in total. The van der Waals surface area contributed by atoms with Crippen LogP contribution in [0.4, 0.5) is 5.69 Å². The van der Waals surface area contributed by atoms with Gasteiger partial charge in [0.05, 0.1) is 6.42 Å². The van der Waals surface area contributed by atoms with E-state index in [2.05, 4.69) is 0 Å². The largest absolute Gasteiger partial charge is 0.392 e. The van der Waals surface area contributed by atoms with Crippen molar-refractivity contribution in [3.05, 3.63) is 24.5 Å². The molecule has 0 amide bonds. The van der Waals surface area contributed by atoms with Gasteiger partial charge in [-0.1, -0.05) is 6.92 Å². The summed E-state index contributed by atoms with van der Waals surface area (Å²) in [6, 6.07) is 3.88. The lowest BCUT2D eigenvalue weighted by Gasteiger charge is -2.09. The van der Waals surface area contributed by atoms with E-state index in [9.17, 15) is 4.79 Å². The molecule has 76 valence electrons. The van der Waals surface area contributed by atoms with Gasteiger partial charge < -0.3 is 4.90 Å². The summed E-state index contributed by atoms with van der Waals surface area (Å²) in [5.41, 5.74) is 1.10. The second kappa shape index (κ2) is 4.74. The van der Waals surface area contributed by atoms with Crippen LogP contribution >= 0.6 is 0 Å². The summed E-state index contributed by atoms with van der Waals surface area (Å²) in [5.74, 6) is 0.151. The summed E-state index contributed by atoms with van der Waals surface area (Å²) in [5, 5.41) is 0. The van der Waals surface area contributed by atoms with Crippen molar-refractivity contribution in [1.29, 1.82) is 0 Å². The van der Waals surface area contributed by atoms with Crippen molar-refractivity contribution >= 4 is 11.6 Å². The predicted molar refractivity (Wildman–Crippen MR) is 56.5 cm³/mol. The summed E-state index contributed by atoms with van der Waals surface area (Å²) in [7, 11) is 3.96. The maximum absolute atomic E-state index is 11.5. The number of aromatic nitrogens is 1. The molecule has 1 aromatic rings. The van der Waals surface area contributed by atoms with Gasteiger partial charge in [-0.05, 0) is 6.42 Å². The molecule has 0 aromatic carbocycles. The van der Waals surface area contributed by atoms with E-state index in [4.69, 9.17) is 0 Å². The standard InChI is InChI=1S/C11H17N2O/c1-4-5-11(14)13-8-6-10(7-9-13)12(2)3/h6-9H,4-5H2,1-3H3/q+1. The molecule has 0 N–H and O–H groups in total. The van der Waals surface area contributed by atoms with Crippen LogP contribution in [0, 0.1) is 0 Å². The molecule has 0 spiro atoms. The highest BCUT2D eigenvalue weighted by Crippen LogP contribution is 2.05. The first kappa shape index (κ1) is 10.7. The molecule has 3 heteroatoms. The second-order valence-electron chi connectivity index (χ2n) is 3.50. The van der Waals surface area contributed by atoms with Gasteiger partial charge in [0, 0.05) is 31.9 Å². The van der Waals surface area contributed by atoms with Crippen molar-refractivity contribution < 1.29 is 9.36 Å². The Kier molecular flexibility index (Phi) is 3.63. The van der Waals surface area contributed by atoms with Crippen molar-refractivity contribution in [3.8, 4) is 0 Å². The van der Waals surface area contributed by atoms with Gasteiger partial charge in [-0.15, -0.1) is 4.57 Å². The Hall–Kier alpha value is -1.38. The van der Waals surface area contributed by atoms with Gasteiger partial charge in [-0.2, -0.15) is 0 Å². The van der Waals surface area contributed by atoms with Gasteiger partial charge in [-0.3, -0.25) is 0 Å². The molecule has 0 aliphatic heterocycles. The van der Waals surface area contributed by atoms with Crippen LogP contribution in [0.5, 0.6) is 0 Å². The number of hydrogen-bond donors (Lipinski definition) is 0. The van der Waals surface area contributed by atoms with Crippen LogP contribution in [-0.4, -0.2) is 20.0 Å². The number of hydrogen-bond acceptors (Lipinski definition) is 2. The van der Waals surface area contributed by atoms with Gasteiger partial charge >= 0.3 is 5.91 Å². The number of nitrogens with zero attached hydrogens (tertiary/aromatic N) is 2. The molecule has 0 atom stereocenters. The number of carbonyl (C=O) groups is 1. The minimum atomic E-state index is 0.151. The lowest BCUT2D eigenvalue weighted by molar-refractivity contribution is -0.574. The highest BCUT2D eigenvalue weighted by molar-refractivity contribution is 5.66. The predicted octanol–water partition coefficient (Wildman–Crippen LogP) is 1.48. The lowest BCUT2D eigenvalue weighted by Crippen LogP contribution is -2.41. The minimum Gasteiger partial charge on any atom is -0.377 e.